The molecule has 4 rings (SSSR count). The van der Waals surface area contributed by atoms with Gasteiger partial charge in [-0.15, -0.1) is 11.3 Å². The first-order valence-corrected chi connectivity index (χ1v) is 10.5. The zero-order valence-corrected chi connectivity index (χ0v) is 17.0. The maximum atomic E-state index is 13.3. The number of thiophene rings is 1. The summed E-state index contributed by atoms with van der Waals surface area (Å²) in [5, 5.41) is 9.98. The number of nitrogens with zero attached hydrogens (tertiary/aromatic N) is 2. The summed E-state index contributed by atoms with van der Waals surface area (Å²) >= 11 is 1.22. The van der Waals surface area contributed by atoms with E-state index in [-0.39, 0.29) is 35.1 Å². The lowest BCUT2D eigenvalue weighted by Crippen LogP contribution is -2.29. The number of nitrogens with one attached hydrogen (secondary N) is 1. The second-order valence-electron chi connectivity index (χ2n) is 7.10. The van der Waals surface area contributed by atoms with Crippen molar-refractivity contribution in [2.45, 2.75) is 33.1 Å². The zero-order chi connectivity index (χ0) is 20.5. The van der Waals surface area contributed by atoms with Crippen LogP contribution in [0.5, 0.6) is 0 Å². The van der Waals surface area contributed by atoms with Gasteiger partial charge in [-0.25, -0.2) is 4.79 Å². The first kappa shape index (κ1) is 19.3. The van der Waals surface area contributed by atoms with E-state index in [0.717, 1.165) is 24.8 Å². The van der Waals surface area contributed by atoms with Crippen LogP contribution in [0.2, 0.25) is 0 Å². The normalized spacial score (nSPS) is 13.9. The summed E-state index contributed by atoms with van der Waals surface area (Å²) in [7, 11) is 0. The molecule has 0 spiro atoms. The minimum atomic E-state index is -0.603. The van der Waals surface area contributed by atoms with Crippen LogP contribution in [0, 0.1) is 12.8 Å². The molecule has 1 amide bonds. The van der Waals surface area contributed by atoms with E-state index in [1.54, 1.807) is 18.4 Å². The minimum absolute atomic E-state index is 0.0162. The highest BCUT2D eigenvalue weighted by Gasteiger charge is 2.28. The van der Waals surface area contributed by atoms with Crippen molar-refractivity contribution < 1.29 is 14.3 Å². The summed E-state index contributed by atoms with van der Waals surface area (Å²) < 4.78 is 6.35. The zero-order valence-electron chi connectivity index (χ0n) is 16.2. The van der Waals surface area contributed by atoms with E-state index >= 15 is 0 Å². The SMILES string of the molecule is CCOC(=O)c1nn(-c2cccc(C)c2)c(=O)c2c(NC(=O)C3CCC3)scc12. The molecule has 8 heteroatoms. The van der Waals surface area contributed by atoms with Crippen molar-refractivity contribution in [2.75, 3.05) is 11.9 Å². The van der Waals surface area contributed by atoms with Gasteiger partial charge < -0.3 is 10.1 Å². The van der Waals surface area contributed by atoms with Gasteiger partial charge in [0.1, 0.15) is 5.00 Å². The number of rotatable bonds is 5. The molecule has 3 aromatic rings. The average Bonchev–Trinajstić information content (AvgIpc) is 3.05. The Morgan fingerprint density at radius 2 is 2.14 bits per heavy atom. The summed E-state index contributed by atoms with van der Waals surface area (Å²) in [6.07, 6.45) is 2.76. The van der Waals surface area contributed by atoms with E-state index < -0.39 is 5.97 Å². The van der Waals surface area contributed by atoms with Gasteiger partial charge in [0.25, 0.3) is 5.56 Å². The first-order chi connectivity index (χ1) is 14.0. The number of aromatic nitrogens is 2. The Morgan fingerprint density at radius 1 is 1.34 bits per heavy atom. The van der Waals surface area contributed by atoms with E-state index in [1.165, 1.54) is 16.0 Å². The Bertz CT molecular complexity index is 1160. The summed E-state index contributed by atoms with van der Waals surface area (Å²) in [6.45, 7) is 3.82. The molecular weight excluding hydrogens is 390 g/mol. The molecular formula is C21H21N3O4S. The van der Waals surface area contributed by atoms with Crippen molar-refractivity contribution in [3.63, 3.8) is 0 Å². The maximum absolute atomic E-state index is 13.3. The van der Waals surface area contributed by atoms with Gasteiger partial charge in [0.15, 0.2) is 5.69 Å². The van der Waals surface area contributed by atoms with Crippen molar-refractivity contribution in [1.29, 1.82) is 0 Å². The fourth-order valence-electron chi connectivity index (χ4n) is 3.31. The lowest BCUT2D eigenvalue weighted by atomic mass is 9.85. The van der Waals surface area contributed by atoms with Crippen LogP contribution in [0.3, 0.4) is 0 Å². The number of esters is 1. The van der Waals surface area contributed by atoms with Gasteiger partial charge >= 0.3 is 5.97 Å². The van der Waals surface area contributed by atoms with Gasteiger partial charge in [-0.2, -0.15) is 9.78 Å². The highest BCUT2D eigenvalue weighted by Crippen LogP contribution is 2.33. The molecule has 0 unspecified atom stereocenters. The summed E-state index contributed by atoms with van der Waals surface area (Å²) in [5.41, 5.74) is 1.18. The van der Waals surface area contributed by atoms with Crippen molar-refractivity contribution in [2.24, 2.45) is 5.92 Å². The molecule has 2 aromatic heterocycles. The molecule has 1 aromatic carbocycles. The number of carbonyl (C=O) groups is 2. The molecule has 0 saturated heterocycles. The fraction of sp³-hybridized carbons (Fsp3) is 0.333. The van der Waals surface area contributed by atoms with Gasteiger partial charge in [-0.05, 0) is 44.4 Å². The van der Waals surface area contributed by atoms with Crippen molar-refractivity contribution in [3.05, 3.63) is 51.3 Å². The van der Waals surface area contributed by atoms with E-state index in [9.17, 15) is 14.4 Å². The predicted octanol–water partition coefficient (Wildman–Crippen LogP) is 3.67. The van der Waals surface area contributed by atoms with Crippen LogP contribution in [0.4, 0.5) is 5.00 Å². The lowest BCUT2D eigenvalue weighted by Gasteiger charge is -2.23. The molecule has 1 aliphatic carbocycles. The standard InChI is InChI=1S/C21H21N3O4S/c1-3-28-21(27)17-15-11-29-19(22-18(25)13-7-5-8-13)16(15)20(26)24(23-17)14-9-4-6-12(2)10-14/h4,6,9-11,13H,3,5,7-8H2,1-2H3,(H,22,25). The van der Waals surface area contributed by atoms with Crippen LogP contribution < -0.4 is 10.9 Å². The summed E-state index contributed by atoms with van der Waals surface area (Å²) in [6, 6.07) is 7.30. The third kappa shape index (κ3) is 3.55. The molecule has 1 N–H and O–H groups in total. The van der Waals surface area contributed by atoms with Crippen LogP contribution in [0.25, 0.3) is 16.5 Å². The molecule has 1 aliphatic rings. The molecule has 7 nitrogen and oxygen atoms in total. The molecule has 150 valence electrons. The lowest BCUT2D eigenvalue weighted by molar-refractivity contribution is -0.122. The number of amides is 1. The Morgan fingerprint density at radius 3 is 2.79 bits per heavy atom. The quantitative estimate of drug-likeness (QED) is 0.647. The maximum Gasteiger partial charge on any atom is 0.359 e. The number of aryl methyl sites for hydroxylation is 1. The minimum Gasteiger partial charge on any atom is -0.461 e. The topological polar surface area (TPSA) is 90.3 Å². The largest absolute Gasteiger partial charge is 0.461 e. The summed E-state index contributed by atoms with van der Waals surface area (Å²) in [5.74, 6) is -0.706. The monoisotopic (exact) mass is 411 g/mol. The van der Waals surface area contributed by atoms with Crippen molar-refractivity contribution in [3.8, 4) is 5.69 Å². The van der Waals surface area contributed by atoms with Crippen LogP contribution in [0.1, 0.15) is 42.2 Å². The van der Waals surface area contributed by atoms with Gasteiger partial charge in [-0.1, -0.05) is 18.6 Å². The fourth-order valence-corrected chi connectivity index (χ4v) is 4.25. The molecule has 0 bridgehead atoms. The number of carbonyl (C=O) groups excluding carboxylic acids is 2. The van der Waals surface area contributed by atoms with Gasteiger partial charge in [0, 0.05) is 16.7 Å². The Labute approximate surface area is 171 Å². The molecule has 2 heterocycles. The van der Waals surface area contributed by atoms with E-state index in [0.29, 0.717) is 16.1 Å². The Balaban J connectivity index is 1.90. The van der Waals surface area contributed by atoms with Gasteiger partial charge in [0.2, 0.25) is 5.91 Å². The van der Waals surface area contributed by atoms with E-state index in [2.05, 4.69) is 10.4 Å². The first-order valence-electron chi connectivity index (χ1n) is 9.59. The number of fused-ring (bicyclic) bond motifs is 1. The van der Waals surface area contributed by atoms with Crippen LogP contribution >= 0.6 is 11.3 Å². The van der Waals surface area contributed by atoms with Crippen LogP contribution in [-0.4, -0.2) is 28.3 Å². The molecule has 0 atom stereocenters. The number of hydrogen-bond donors (Lipinski definition) is 1. The van der Waals surface area contributed by atoms with E-state index in [1.807, 2.05) is 25.1 Å². The molecule has 0 aliphatic heterocycles. The number of benzene rings is 1. The summed E-state index contributed by atoms with van der Waals surface area (Å²) in [4.78, 5) is 38.3. The average molecular weight is 411 g/mol. The van der Waals surface area contributed by atoms with Crippen molar-refractivity contribution >= 4 is 39.0 Å². The van der Waals surface area contributed by atoms with Crippen LogP contribution in [0.15, 0.2) is 34.4 Å². The highest BCUT2D eigenvalue weighted by molar-refractivity contribution is 7.16. The predicted molar refractivity (Wildman–Crippen MR) is 112 cm³/mol. The van der Waals surface area contributed by atoms with Gasteiger partial charge in [0.05, 0.1) is 17.7 Å². The second-order valence-corrected chi connectivity index (χ2v) is 7.98. The van der Waals surface area contributed by atoms with E-state index in [4.69, 9.17) is 4.74 Å². The molecule has 0 radical (unpaired) electrons. The number of hydrogen-bond acceptors (Lipinski definition) is 6. The third-order valence-electron chi connectivity index (χ3n) is 5.08. The number of ether oxygens (including phenoxy) is 1. The highest BCUT2D eigenvalue weighted by atomic mass is 32.1. The van der Waals surface area contributed by atoms with Crippen molar-refractivity contribution in [1.82, 2.24) is 9.78 Å². The number of anilines is 1. The Hall–Kier alpha value is -3.00. The van der Waals surface area contributed by atoms with Crippen LogP contribution in [-0.2, 0) is 9.53 Å². The molecule has 1 saturated carbocycles. The third-order valence-corrected chi connectivity index (χ3v) is 5.98. The molecule has 29 heavy (non-hydrogen) atoms. The second kappa shape index (κ2) is 7.79. The van der Waals surface area contributed by atoms with Gasteiger partial charge in [-0.3, -0.25) is 9.59 Å². The smallest absolute Gasteiger partial charge is 0.359 e. The Kier molecular flexibility index (Phi) is 5.19. The molecule has 1 fully saturated rings.